The Morgan fingerprint density at radius 1 is 1.36 bits per heavy atom. The second-order valence-electron chi connectivity index (χ2n) is 5.28. The Balaban J connectivity index is 1.74. The summed E-state index contributed by atoms with van der Waals surface area (Å²) in [4.78, 5) is 4.93. The summed E-state index contributed by atoms with van der Waals surface area (Å²) in [5, 5.41) is 8.89. The zero-order valence-corrected chi connectivity index (χ0v) is 9.32. The minimum absolute atomic E-state index is 0.0573. The molecule has 0 unspecified atom stereocenters. The number of rotatable bonds is 2. The van der Waals surface area contributed by atoms with Crippen LogP contribution < -0.4 is 0 Å². The maximum atomic E-state index is 8.89. The summed E-state index contributed by atoms with van der Waals surface area (Å²) in [6, 6.07) is 3.79. The largest absolute Gasteiger partial charge is 0.298 e. The number of hydrogen-bond acceptors (Lipinski definition) is 3. The van der Waals surface area contributed by atoms with Crippen molar-refractivity contribution in [2.75, 3.05) is 26.2 Å². The Morgan fingerprint density at radius 3 is 2.36 bits per heavy atom. The molecule has 0 atom stereocenters. The molecule has 14 heavy (non-hydrogen) atoms. The second kappa shape index (κ2) is 3.22. The topological polar surface area (TPSA) is 30.3 Å². The Hall–Kier alpha value is -0.590. The van der Waals surface area contributed by atoms with Gasteiger partial charge in [-0.2, -0.15) is 5.26 Å². The molecule has 0 aromatic rings. The lowest BCUT2D eigenvalue weighted by molar-refractivity contribution is -0.0592. The summed E-state index contributed by atoms with van der Waals surface area (Å²) in [7, 11) is 0. The first-order valence-corrected chi connectivity index (χ1v) is 5.43. The molecule has 3 heteroatoms. The third kappa shape index (κ3) is 1.53. The van der Waals surface area contributed by atoms with Gasteiger partial charge < -0.3 is 0 Å². The Kier molecular flexibility index (Phi) is 2.29. The van der Waals surface area contributed by atoms with E-state index in [1.165, 1.54) is 13.1 Å². The minimum Gasteiger partial charge on any atom is -0.298 e. The SMILES string of the molecule is CC(C)N1CC(N2CC(C)(C#N)C2)C1. The first kappa shape index (κ1) is 9.95. The van der Waals surface area contributed by atoms with E-state index in [4.69, 9.17) is 5.26 Å². The van der Waals surface area contributed by atoms with Crippen molar-refractivity contribution in [3.05, 3.63) is 0 Å². The van der Waals surface area contributed by atoms with Gasteiger partial charge in [0.05, 0.1) is 11.5 Å². The molecule has 2 rings (SSSR count). The van der Waals surface area contributed by atoms with Gasteiger partial charge in [-0.1, -0.05) is 0 Å². The van der Waals surface area contributed by atoms with Gasteiger partial charge in [-0.05, 0) is 20.8 Å². The molecule has 2 heterocycles. The van der Waals surface area contributed by atoms with Crippen LogP contribution in [0.25, 0.3) is 0 Å². The van der Waals surface area contributed by atoms with Crippen molar-refractivity contribution in [1.29, 1.82) is 5.26 Å². The highest BCUT2D eigenvalue weighted by Crippen LogP contribution is 2.33. The van der Waals surface area contributed by atoms with E-state index < -0.39 is 0 Å². The van der Waals surface area contributed by atoms with Crippen LogP contribution in [-0.4, -0.2) is 48.1 Å². The van der Waals surface area contributed by atoms with Crippen LogP contribution in [0.15, 0.2) is 0 Å². The van der Waals surface area contributed by atoms with Crippen LogP contribution in [0.2, 0.25) is 0 Å². The van der Waals surface area contributed by atoms with Crippen LogP contribution in [0, 0.1) is 16.7 Å². The van der Waals surface area contributed by atoms with Gasteiger partial charge in [0.15, 0.2) is 0 Å². The Morgan fingerprint density at radius 2 is 1.93 bits per heavy atom. The lowest BCUT2D eigenvalue weighted by Crippen LogP contribution is -2.68. The van der Waals surface area contributed by atoms with Gasteiger partial charge in [0.2, 0.25) is 0 Å². The van der Waals surface area contributed by atoms with E-state index in [1.807, 2.05) is 0 Å². The summed E-state index contributed by atoms with van der Waals surface area (Å²) in [6.45, 7) is 10.9. The fraction of sp³-hybridized carbons (Fsp3) is 0.909. The summed E-state index contributed by atoms with van der Waals surface area (Å²) in [5.41, 5.74) is -0.0573. The monoisotopic (exact) mass is 193 g/mol. The van der Waals surface area contributed by atoms with Crippen LogP contribution in [0.4, 0.5) is 0 Å². The van der Waals surface area contributed by atoms with E-state index in [1.54, 1.807) is 0 Å². The molecule has 3 nitrogen and oxygen atoms in total. The van der Waals surface area contributed by atoms with Crippen molar-refractivity contribution in [1.82, 2.24) is 9.80 Å². The van der Waals surface area contributed by atoms with E-state index in [9.17, 15) is 0 Å². The van der Waals surface area contributed by atoms with Gasteiger partial charge in [-0.25, -0.2) is 0 Å². The van der Waals surface area contributed by atoms with Gasteiger partial charge >= 0.3 is 0 Å². The zero-order chi connectivity index (χ0) is 10.3. The first-order chi connectivity index (χ1) is 6.54. The molecule has 0 spiro atoms. The lowest BCUT2D eigenvalue weighted by Gasteiger charge is -2.55. The first-order valence-electron chi connectivity index (χ1n) is 5.43. The molecule has 2 saturated heterocycles. The minimum atomic E-state index is -0.0573. The van der Waals surface area contributed by atoms with Gasteiger partial charge in [0.1, 0.15) is 0 Å². The fourth-order valence-electron chi connectivity index (χ4n) is 2.32. The third-order valence-electron chi connectivity index (χ3n) is 3.51. The quantitative estimate of drug-likeness (QED) is 0.653. The van der Waals surface area contributed by atoms with E-state index in [-0.39, 0.29) is 5.41 Å². The molecule has 0 radical (unpaired) electrons. The standard InChI is InChI=1S/C11H19N3/c1-9(2)13-4-10(5-13)14-7-11(3,6-12)8-14/h9-10H,4-5,7-8H2,1-3H3. The van der Waals surface area contributed by atoms with Crippen molar-refractivity contribution in [2.24, 2.45) is 5.41 Å². The molecule has 0 aliphatic carbocycles. The maximum absolute atomic E-state index is 8.89. The smallest absolute Gasteiger partial charge is 0.0799 e. The molecule has 78 valence electrons. The highest BCUT2D eigenvalue weighted by atomic mass is 15.3. The Bertz CT molecular complexity index is 254. The molecule has 0 N–H and O–H groups in total. The Labute approximate surface area is 86.3 Å². The van der Waals surface area contributed by atoms with Crippen LogP contribution in [0.1, 0.15) is 20.8 Å². The molecule has 2 fully saturated rings. The molecular formula is C11H19N3. The molecule has 2 aliphatic rings. The average molecular weight is 193 g/mol. The molecule has 0 bridgehead atoms. The summed E-state index contributed by atoms with van der Waals surface area (Å²) in [5.74, 6) is 0. The molecular weight excluding hydrogens is 174 g/mol. The highest BCUT2D eigenvalue weighted by molar-refractivity contribution is 5.09. The predicted molar refractivity (Wildman–Crippen MR) is 55.8 cm³/mol. The second-order valence-corrected chi connectivity index (χ2v) is 5.28. The van der Waals surface area contributed by atoms with Gasteiger partial charge in [-0.3, -0.25) is 9.80 Å². The maximum Gasteiger partial charge on any atom is 0.0799 e. The number of nitriles is 1. The van der Waals surface area contributed by atoms with Gasteiger partial charge in [-0.15, -0.1) is 0 Å². The van der Waals surface area contributed by atoms with E-state index in [2.05, 4.69) is 36.6 Å². The summed E-state index contributed by atoms with van der Waals surface area (Å²) in [6.07, 6.45) is 0. The predicted octanol–water partition coefficient (Wildman–Crippen LogP) is 0.924. The van der Waals surface area contributed by atoms with Crippen LogP contribution in [-0.2, 0) is 0 Å². The van der Waals surface area contributed by atoms with Crippen molar-refractivity contribution in [2.45, 2.75) is 32.9 Å². The highest BCUT2D eigenvalue weighted by Gasteiger charge is 2.45. The van der Waals surface area contributed by atoms with E-state index in [0.29, 0.717) is 6.04 Å². The van der Waals surface area contributed by atoms with Crippen molar-refractivity contribution in [3.63, 3.8) is 0 Å². The fourth-order valence-corrected chi connectivity index (χ4v) is 2.32. The number of hydrogen-bond donors (Lipinski definition) is 0. The molecule has 0 aromatic heterocycles. The van der Waals surface area contributed by atoms with Crippen LogP contribution in [0.3, 0.4) is 0 Å². The van der Waals surface area contributed by atoms with Crippen molar-refractivity contribution < 1.29 is 0 Å². The molecule has 0 aromatic carbocycles. The van der Waals surface area contributed by atoms with Crippen molar-refractivity contribution in [3.8, 4) is 6.07 Å². The molecule has 0 amide bonds. The van der Waals surface area contributed by atoms with Gasteiger partial charge in [0, 0.05) is 38.3 Å². The average Bonchev–Trinajstić information content (AvgIpc) is 1.97. The van der Waals surface area contributed by atoms with Crippen LogP contribution >= 0.6 is 0 Å². The zero-order valence-electron chi connectivity index (χ0n) is 9.32. The summed E-state index contributed by atoms with van der Waals surface area (Å²) < 4.78 is 0. The van der Waals surface area contributed by atoms with E-state index in [0.717, 1.165) is 19.1 Å². The summed E-state index contributed by atoms with van der Waals surface area (Å²) >= 11 is 0. The number of likely N-dealkylation sites (tertiary alicyclic amines) is 2. The third-order valence-corrected chi connectivity index (χ3v) is 3.51. The number of nitrogens with zero attached hydrogens (tertiary/aromatic N) is 3. The normalized spacial score (nSPS) is 28.2. The molecule has 0 saturated carbocycles. The molecule has 2 aliphatic heterocycles. The van der Waals surface area contributed by atoms with Gasteiger partial charge in [0.25, 0.3) is 0 Å². The van der Waals surface area contributed by atoms with Crippen LogP contribution in [0.5, 0.6) is 0 Å². The van der Waals surface area contributed by atoms with Crippen molar-refractivity contribution >= 4 is 0 Å². The lowest BCUT2D eigenvalue weighted by atomic mass is 9.81. The van der Waals surface area contributed by atoms with E-state index >= 15 is 0 Å².